The summed E-state index contributed by atoms with van der Waals surface area (Å²) in [5.74, 6) is 1.70. The quantitative estimate of drug-likeness (QED) is 0.186. The summed E-state index contributed by atoms with van der Waals surface area (Å²) in [6, 6.07) is 52.0. The minimum atomic E-state index is 0.543. The summed E-state index contributed by atoms with van der Waals surface area (Å²) in [7, 11) is 0. The van der Waals surface area contributed by atoms with Gasteiger partial charge in [0.05, 0.1) is 5.56 Å². The van der Waals surface area contributed by atoms with E-state index < -0.39 is 0 Å². The molecule has 6 heteroatoms. The second-order valence-electron chi connectivity index (χ2n) is 12.7. The molecule has 0 spiro atoms. The molecule has 4 heterocycles. The predicted molar refractivity (Wildman–Crippen MR) is 209 cm³/mol. The molecule has 11 rings (SSSR count). The molecule has 4 aromatic heterocycles. The number of hydrogen-bond donors (Lipinski definition) is 0. The van der Waals surface area contributed by atoms with E-state index in [0.717, 1.165) is 71.7 Å². The van der Waals surface area contributed by atoms with Gasteiger partial charge in [-0.25, -0.2) is 15.0 Å². The van der Waals surface area contributed by atoms with E-state index in [1.807, 2.05) is 78.1 Å². The molecule has 0 unspecified atom stereocenters. The Kier molecular flexibility index (Phi) is 6.05. The summed E-state index contributed by atoms with van der Waals surface area (Å²) in [5, 5.41) is 6.60. The molecule has 0 N–H and O–H groups in total. The molecule has 7 aromatic carbocycles. The van der Waals surface area contributed by atoms with Gasteiger partial charge in [0.1, 0.15) is 22.3 Å². The predicted octanol–water partition coefficient (Wildman–Crippen LogP) is 12.7. The summed E-state index contributed by atoms with van der Waals surface area (Å²) in [6.07, 6.45) is 0. The van der Waals surface area contributed by atoms with Gasteiger partial charge in [-0.3, -0.25) is 0 Å². The van der Waals surface area contributed by atoms with Gasteiger partial charge in [0, 0.05) is 64.0 Å². The number of fused-ring (bicyclic) bond motifs is 9. The summed E-state index contributed by atoms with van der Waals surface area (Å²) in [4.78, 5) is 15.3. The van der Waals surface area contributed by atoms with Gasteiger partial charge in [0.2, 0.25) is 0 Å². The Morgan fingerprint density at radius 2 is 0.941 bits per heavy atom. The SMILES string of the molecule is c1ccc(-c2nc(-c3cccc4c3oc3c(-c5cccc6c5sc5ccccc56)cccc34)nc(-c3cccc4oc5ccccc5c34)n2)cc1. The maximum atomic E-state index is 6.94. The highest BCUT2D eigenvalue weighted by molar-refractivity contribution is 7.26. The molecule has 0 bridgehead atoms. The van der Waals surface area contributed by atoms with Crippen molar-refractivity contribution in [2.24, 2.45) is 0 Å². The highest BCUT2D eigenvalue weighted by Gasteiger charge is 2.22. The third kappa shape index (κ3) is 4.30. The molecular formula is C45H25N3O2S. The van der Waals surface area contributed by atoms with E-state index in [-0.39, 0.29) is 0 Å². The number of thiophene rings is 1. The van der Waals surface area contributed by atoms with Crippen molar-refractivity contribution in [1.29, 1.82) is 0 Å². The Labute approximate surface area is 295 Å². The maximum absolute atomic E-state index is 6.94. The van der Waals surface area contributed by atoms with Crippen LogP contribution in [0.2, 0.25) is 0 Å². The lowest BCUT2D eigenvalue weighted by atomic mass is 10.00. The maximum Gasteiger partial charge on any atom is 0.167 e. The van der Waals surface area contributed by atoms with E-state index in [1.54, 1.807) is 0 Å². The lowest BCUT2D eigenvalue weighted by Crippen LogP contribution is -2.00. The van der Waals surface area contributed by atoms with E-state index in [1.165, 1.54) is 20.2 Å². The van der Waals surface area contributed by atoms with Crippen LogP contribution >= 0.6 is 11.3 Å². The first kappa shape index (κ1) is 28.2. The van der Waals surface area contributed by atoms with Crippen molar-refractivity contribution < 1.29 is 8.83 Å². The van der Waals surface area contributed by atoms with Crippen molar-refractivity contribution in [1.82, 2.24) is 15.0 Å². The van der Waals surface area contributed by atoms with Crippen molar-refractivity contribution in [3.63, 3.8) is 0 Å². The number of rotatable bonds is 4. The van der Waals surface area contributed by atoms with Crippen molar-refractivity contribution in [3.05, 3.63) is 152 Å². The molecule has 0 aliphatic rings. The minimum absolute atomic E-state index is 0.543. The number of aromatic nitrogens is 3. The molecule has 11 aromatic rings. The average Bonchev–Trinajstić information content (AvgIpc) is 3.89. The summed E-state index contributed by atoms with van der Waals surface area (Å²) in [6.45, 7) is 0. The molecule has 5 nitrogen and oxygen atoms in total. The topological polar surface area (TPSA) is 65.0 Å². The number of hydrogen-bond acceptors (Lipinski definition) is 6. The molecule has 0 amide bonds. The first-order chi connectivity index (χ1) is 25.3. The highest BCUT2D eigenvalue weighted by atomic mass is 32.1. The number of nitrogens with zero attached hydrogens (tertiary/aromatic N) is 3. The van der Waals surface area contributed by atoms with Crippen LogP contribution in [0.1, 0.15) is 0 Å². The number of benzene rings is 7. The van der Waals surface area contributed by atoms with E-state index in [2.05, 4.69) is 84.9 Å². The van der Waals surface area contributed by atoms with Crippen molar-refractivity contribution in [2.75, 3.05) is 0 Å². The van der Waals surface area contributed by atoms with Crippen LogP contribution in [0.4, 0.5) is 0 Å². The van der Waals surface area contributed by atoms with E-state index >= 15 is 0 Å². The fourth-order valence-corrected chi connectivity index (χ4v) is 8.69. The first-order valence-electron chi connectivity index (χ1n) is 16.9. The average molecular weight is 672 g/mol. The highest BCUT2D eigenvalue weighted by Crippen LogP contribution is 2.45. The van der Waals surface area contributed by atoms with Gasteiger partial charge in [-0.15, -0.1) is 11.3 Å². The van der Waals surface area contributed by atoms with E-state index in [9.17, 15) is 0 Å². The molecule has 0 fully saturated rings. The Morgan fingerprint density at radius 3 is 1.78 bits per heavy atom. The molecule has 0 aliphatic heterocycles. The standard InChI is InChI=1S/C45H25N3O2S/c1-2-12-26(13-3-1)43-46-44(34-21-11-24-37-39(34)33-15-4-6-23-36(33)49-37)48-45(47-43)35-22-9-17-29-28-16-8-18-30(40(28)50-41(29)35)32-20-10-19-31-27-14-5-7-25-38(27)51-42(31)32/h1-25H. The zero-order valence-electron chi connectivity index (χ0n) is 27.0. The van der Waals surface area contributed by atoms with Crippen LogP contribution in [0.5, 0.6) is 0 Å². The molecule has 51 heavy (non-hydrogen) atoms. The van der Waals surface area contributed by atoms with Gasteiger partial charge < -0.3 is 8.83 Å². The van der Waals surface area contributed by atoms with Crippen LogP contribution in [0.3, 0.4) is 0 Å². The minimum Gasteiger partial charge on any atom is -0.456 e. The normalized spacial score (nSPS) is 11.9. The van der Waals surface area contributed by atoms with Crippen LogP contribution in [0.25, 0.3) is 109 Å². The Balaban J connectivity index is 1.16. The van der Waals surface area contributed by atoms with Crippen molar-refractivity contribution in [3.8, 4) is 45.3 Å². The number of furan rings is 2. The summed E-state index contributed by atoms with van der Waals surface area (Å²) < 4.78 is 15.7. The fraction of sp³-hybridized carbons (Fsp3) is 0. The van der Waals surface area contributed by atoms with Crippen LogP contribution in [0.15, 0.2) is 160 Å². The van der Waals surface area contributed by atoms with E-state index in [0.29, 0.717) is 17.5 Å². The molecule has 0 saturated carbocycles. The van der Waals surface area contributed by atoms with Crippen molar-refractivity contribution >= 4 is 75.4 Å². The van der Waals surface area contributed by atoms with Gasteiger partial charge >= 0.3 is 0 Å². The molecule has 0 saturated heterocycles. The summed E-state index contributed by atoms with van der Waals surface area (Å²) in [5.41, 5.74) is 8.02. The zero-order chi connectivity index (χ0) is 33.5. The smallest absolute Gasteiger partial charge is 0.167 e. The third-order valence-electron chi connectivity index (χ3n) is 9.77. The molecule has 0 aliphatic carbocycles. The molecule has 0 atom stereocenters. The van der Waals surface area contributed by atoms with E-state index in [4.69, 9.17) is 23.8 Å². The zero-order valence-corrected chi connectivity index (χ0v) is 27.8. The summed E-state index contributed by atoms with van der Waals surface area (Å²) >= 11 is 1.82. The second kappa shape index (κ2) is 10.9. The number of para-hydroxylation sites is 3. The van der Waals surface area contributed by atoms with Gasteiger partial charge in [-0.05, 0) is 24.3 Å². The fourth-order valence-electron chi connectivity index (χ4n) is 7.46. The van der Waals surface area contributed by atoms with Crippen molar-refractivity contribution in [2.45, 2.75) is 0 Å². The van der Waals surface area contributed by atoms with Crippen LogP contribution in [-0.4, -0.2) is 15.0 Å². The lowest BCUT2D eigenvalue weighted by molar-refractivity contribution is 0.669. The lowest BCUT2D eigenvalue weighted by Gasteiger charge is -2.09. The Bertz CT molecular complexity index is 3160. The van der Waals surface area contributed by atoms with Gasteiger partial charge in [0.25, 0.3) is 0 Å². The molecular weight excluding hydrogens is 647 g/mol. The Hall–Kier alpha value is -6.63. The third-order valence-corrected chi connectivity index (χ3v) is 11.0. The van der Waals surface area contributed by atoms with Gasteiger partial charge in [-0.1, -0.05) is 127 Å². The molecule has 0 radical (unpaired) electrons. The van der Waals surface area contributed by atoms with Gasteiger partial charge in [-0.2, -0.15) is 0 Å². The van der Waals surface area contributed by atoms with Gasteiger partial charge in [0.15, 0.2) is 17.5 Å². The Morgan fingerprint density at radius 1 is 0.373 bits per heavy atom. The first-order valence-corrected chi connectivity index (χ1v) is 17.7. The monoisotopic (exact) mass is 671 g/mol. The van der Waals surface area contributed by atoms with Crippen LogP contribution in [-0.2, 0) is 0 Å². The van der Waals surface area contributed by atoms with Crippen LogP contribution < -0.4 is 0 Å². The molecule has 238 valence electrons. The van der Waals surface area contributed by atoms with Crippen LogP contribution in [0, 0.1) is 0 Å². The second-order valence-corrected chi connectivity index (χ2v) is 13.7. The largest absolute Gasteiger partial charge is 0.456 e.